The lowest BCUT2D eigenvalue weighted by atomic mass is 10.1. The molecule has 0 aromatic carbocycles. The van der Waals surface area contributed by atoms with Gasteiger partial charge in [0.25, 0.3) is 0 Å². The van der Waals surface area contributed by atoms with Crippen molar-refractivity contribution in [2.75, 3.05) is 13.8 Å². The minimum atomic E-state index is -0.0805. The summed E-state index contributed by atoms with van der Waals surface area (Å²) >= 11 is 0. The summed E-state index contributed by atoms with van der Waals surface area (Å²) in [6.45, 7) is 0.533. The third-order valence-corrected chi connectivity index (χ3v) is 1.40. The minimum Gasteiger partial charge on any atom is -0.364 e. The standard InChI is InChI=1S/C8H10N2O/c1-11-7-10-4-2-8(6-9)3-5-10/h2-5,8H,7H2,1H3. The molecule has 0 N–H and O–H groups in total. The highest BCUT2D eigenvalue weighted by Crippen LogP contribution is 2.08. The molecule has 1 aliphatic heterocycles. The Morgan fingerprint density at radius 2 is 2.18 bits per heavy atom. The van der Waals surface area contributed by atoms with Gasteiger partial charge >= 0.3 is 0 Å². The van der Waals surface area contributed by atoms with E-state index in [1.165, 1.54) is 0 Å². The Hall–Kier alpha value is -1.27. The van der Waals surface area contributed by atoms with Gasteiger partial charge < -0.3 is 9.64 Å². The van der Waals surface area contributed by atoms with E-state index in [1.807, 2.05) is 29.5 Å². The molecule has 0 bridgehead atoms. The Morgan fingerprint density at radius 1 is 1.55 bits per heavy atom. The molecule has 1 heterocycles. The average molecular weight is 150 g/mol. The van der Waals surface area contributed by atoms with Gasteiger partial charge in [-0.05, 0) is 12.2 Å². The van der Waals surface area contributed by atoms with Gasteiger partial charge in [-0.3, -0.25) is 0 Å². The largest absolute Gasteiger partial charge is 0.364 e. The third-order valence-electron chi connectivity index (χ3n) is 1.40. The molecule has 3 heteroatoms. The Labute approximate surface area is 66.2 Å². The van der Waals surface area contributed by atoms with E-state index >= 15 is 0 Å². The Kier molecular flexibility index (Phi) is 2.70. The summed E-state index contributed by atoms with van der Waals surface area (Å²) in [5, 5.41) is 8.50. The van der Waals surface area contributed by atoms with Crippen molar-refractivity contribution in [2.45, 2.75) is 0 Å². The maximum absolute atomic E-state index is 8.50. The predicted molar refractivity (Wildman–Crippen MR) is 41.1 cm³/mol. The van der Waals surface area contributed by atoms with Crippen molar-refractivity contribution in [1.82, 2.24) is 4.90 Å². The van der Waals surface area contributed by atoms with E-state index in [1.54, 1.807) is 7.11 Å². The van der Waals surface area contributed by atoms with Crippen molar-refractivity contribution in [1.29, 1.82) is 5.26 Å². The molecule has 11 heavy (non-hydrogen) atoms. The first-order chi connectivity index (χ1) is 5.36. The predicted octanol–water partition coefficient (Wildman–Crippen LogP) is 1.07. The molecular formula is C8H10N2O. The molecule has 0 aliphatic carbocycles. The summed E-state index contributed by atoms with van der Waals surface area (Å²) in [5.41, 5.74) is 0. The number of allylic oxidation sites excluding steroid dienone is 2. The molecule has 0 aromatic heterocycles. The van der Waals surface area contributed by atoms with Gasteiger partial charge in [-0.15, -0.1) is 0 Å². The van der Waals surface area contributed by atoms with Crippen LogP contribution in [0.25, 0.3) is 0 Å². The van der Waals surface area contributed by atoms with Gasteiger partial charge in [0.15, 0.2) is 0 Å². The zero-order valence-corrected chi connectivity index (χ0v) is 6.40. The van der Waals surface area contributed by atoms with E-state index in [0.29, 0.717) is 6.73 Å². The lowest BCUT2D eigenvalue weighted by molar-refractivity contribution is 0.122. The third kappa shape index (κ3) is 2.10. The SMILES string of the molecule is COCN1C=CC(C#N)C=C1. The fourth-order valence-electron chi connectivity index (χ4n) is 0.842. The second kappa shape index (κ2) is 3.79. The lowest BCUT2D eigenvalue weighted by Gasteiger charge is -2.17. The minimum absolute atomic E-state index is 0.0805. The highest BCUT2D eigenvalue weighted by molar-refractivity contribution is 5.15. The van der Waals surface area contributed by atoms with Crippen LogP contribution in [0.15, 0.2) is 24.6 Å². The number of hydrogen-bond acceptors (Lipinski definition) is 3. The summed E-state index contributed by atoms with van der Waals surface area (Å²) in [6.07, 6.45) is 7.35. The molecule has 0 unspecified atom stereocenters. The zero-order chi connectivity index (χ0) is 8.10. The molecule has 0 atom stereocenters. The maximum atomic E-state index is 8.50. The molecule has 0 radical (unpaired) electrons. The second-order valence-corrected chi connectivity index (χ2v) is 2.27. The number of nitriles is 1. The van der Waals surface area contributed by atoms with Crippen LogP contribution in [-0.2, 0) is 4.74 Å². The van der Waals surface area contributed by atoms with Crippen LogP contribution in [0.3, 0.4) is 0 Å². The van der Waals surface area contributed by atoms with Crippen molar-refractivity contribution in [3.8, 4) is 6.07 Å². The smallest absolute Gasteiger partial charge is 0.121 e. The van der Waals surface area contributed by atoms with Crippen molar-refractivity contribution in [2.24, 2.45) is 5.92 Å². The molecule has 0 amide bonds. The van der Waals surface area contributed by atoms with Gasteiger partial charge in [0.1, 0.15) is 6.73 Å². The van der Waals surface area contributed by atoms with Crippen molar-refractivity contribution in [3.05, 3.63) is 24.6 Å². The van der Waals surface area contributed by atoms with Crippen LogP contribution < -0.4 is 0 Å². The van der Waals surface area contributed by atoms with Gasteiger partial charge in [-0.1, -0.05) is 0 Å². The topological polar surface area (TPSA) is 36.3 Å². The Bertz CT molecular complexity index is 201. The summed E-state index contributed by atoms with van der Waals surface area (Å²) in [7, 11) is 1.64. The van der Waals surface area contributed by atoms with Gasteiger partial charge in [-0.2, -0.15) is 5.26 Å². The van der Waals surface area contributed by atoms with Crippen LogP contribution in [0.4, 0.5) is 0 Å². The van der Waals surface area contributed by atoms with Gasteiger partial charge in [0, 0.05) is 19.5 Å². The highest BCUT2D eigenvalue weighted by atomic mass is 16.5. The van der Waals surface area contributed by atoms with E-state index in [9.17, 15) is 0 Å². The van der Waals surface area contributed by atoms with E-state index in [-0.39, 0.29) is 5.92 Å². The molecule has 0 saturated heterocycles. The number of rotatable bonds is 2. The number of methoxy groups -OCH3 is 1. The molecule has 0 fully saturated rings. The molecule has 0 spiro atoms. The number of ether oxygens (including phenoxy) is 1. The number of nitrogens with zero attached hydrogens (tertiary/aromatic N) is 2. The van der Waals surface area contributed by atoms with Crippen LogP contribution in [0.2, 0.25) is 0 Å². The number of hydrogen-bond donors (Lipinski definition) is 0. The first-order valence-corrected chi connectivity index (χ1v) is 3.38. The fraction of sp³-hybridized carbons (Fsp3) is 0.375. The summed E-state index contributed by atoms with van der Waals surface area (Å²) in [6, 6.07) is 2.13. The monoisotopic (exact) mass is 150 g/mol. The van der Waals surface area contributed by atoms with Gasteiger partial charge in [0.05, 0.1) is 12.0 Å². The van der Waals surface area contributed by atoms with Crippen LogP contribution in [0, 0.1) is 17.2 Å². The first kappa shape index (κ1) is 7.83. The maximum Gasteiger partial charge on any atom is 0.121 e. The molecule has 0 saturated carbocycles. The van der Waals surface area contributed by atoms with Crippen LogP contribution in [-0.4, -0.2) is 18.7 Å². The van der Waals surface area contributed by atoms with Crippen molar-refractivity contribution in [3.63, 3.8) is 0 Å². The summed E-state index contributed by atoms with van der Waals surface area (Å²) in [5.74, 6) is -0.0805. The molecule has 1 rings (SSSR count). The van der Waals surface area contributed by atoms with Crippen LogP contribution in [0.1, 0.15) is 0 Å². The van der Waals surface area contributed by atoms with Crippen LogP contribution in [0.5, 0.6) is 0 Å². The Balaban J connectivity index is 2.45. The zero-order valence-electron chi connectivity index (χ0n) is 6.40. The second-order valence-electron chi connectivity index (χ2n) is 2.27. The Morgan fingerprint density at radius 3 is 2.64 bits per heavy atom. The average Bonchev–Trinajstić information content (AvgIpc) is 2.07. The van der Waals surface area contributed by atoms with Crippen molar-refractivity contribution < 1.29 is 4.74 Å². The molecular weight excluding hydrogens is 140 g/mol. The molecule has 1 aliphatic rings. The van der Waals surface area contributed by atoms with E-state index in [2.05, 4.69) is 6.07 Å². The fourth-order valence-corrected chi connectivity index (χ4v) is 0.842. The van der Waals surface area contributed by atoms with E-state index in [4.69, 9.17) is 10.00 Å². The van der Waals surface area contributed by atoms with E-state index < -0.39 is 0 Å². The lowest BCUT2D eigenvalue weighted by Crippen LogP contribution is -2.15. The molecule has 3 nitrogen and oxygen atoms in total. The highest BCUT2D eigenvalue weighted by Gasteiger charge is 2.03. The first-order valence-electron chi connectivity index (χ1n) is 3.38. The quantitative estimate of drug-likeness (QED) is 0.590. The molecule has 0 aromatic rings. The van der Waals surface area contributed by atoms with Gasteiger partial charge in [-0.25, -0.2) is 0 Å². The molecule has 58 valence electrons. The van der Waals surface area contributed by atoms with Crippen LogP contribution >= 0.6 is 0 Å². The summed E-state index contributed by atoms with van der Waals surface area (Å²) < 4.78 is 4.89. The summed E-state index contributed by atoms with van der Waals surface area (Å²) in [4.78, 5) is 1.87. The van der Waals surface area contributed by atoms with Gasteiger partial charge in [0.2, 0.25) is 0 Å². The van der Waals surface area contributed by atoms with E-state index in [0.717, 1.165) is 0 Å². The normalized spacial score (nSPS) is 16.9. The van der Waals surface area contributed by atoms with Crippen molar-refractivity contribution >= 4 is 0 Å².